The molecule has 0 aliphatic rings. The third-order valence-corrected chi connectivity index (χ3v) is 2.09. The van der Waals surface area contributed by atoms with Crippen LogP contribution in [-0.2, 0) is 0 Å². The molecule has 1 unspecified atom stereocenters. The van der Waals surface area contributed by atoms with Gasteiger partial charge in [0.25, 0.3) is 0 Å². The van der Waals surface area contributed by atoms with Gasteiger partial charge in [0.15, 0.2) is 0 Å². The Kier molecular flexibility index (Phi) is 4.69. The molecular weight excluding hydrogens is 136 g/mol. The lowest BCUT2D eigenvalue weighted by molar-refractivity contribution is 0.331. The second-order valence-electron chi connectivity index (χ2n) is 4.06. The molecule has 3 N–H and O–H groups in total. The molecule has 0 heterocycles. The zero-order valence-corrected chi connectivity index (χ0v) is 8.28. The average molecular weight is 158 g/mol. The summed E-state index contributed by atoms with van der Waals surface area (Å²) in [4.78, 5) is 0. The van der Waals surface area contributed by atoms with E-state index < -0.39 is 0 Å². The van der Waals surface area contributed by atoms with E-state index in [1.54, 1.807) is 0 Å². The van der Waals surface area contributed by atoms with Crippen molar-refractivity contribution >= 4 is 0 Å². The van der Waals surface area contributed by atoms with Crippen LogP contribution in [-0.4, -0.2) is 19.1 Å². The van der Waals surface area contributed by atoms with Gasteiger partial charge in [-0.1, -0.05) is 20.8 Å². The van der Waals surface area contributed by atoms with E-state index in [4.69, 9.17) is 5.73 Å². The number of hydrogen-bond donors (Lipinski definition) is 2. The summed E-state index contributed by atoms with van der Waals surface area (Å²) in [5.74, 6) is 0. The molecule has 1 atom stereocenters. The Morgan fingerprint density at radius 3 is 2.36 bits per heavy atom. The van der Waals surface area contributed by atoms with Gasteiger partial charge in [-0.05, 0) is 25.3 Å². The molecule has 2 heteroatoms. The van der Waals surface area contributed by atoms with Gasteiger partial charge in [-0.25, -0.2) is 0 Å². The van der Waals surface area contributed by atoms with Crippen LogP contribution < -0.4 is 11.1 Å². The van der Waals surface area contributed by atoms with Crippen LogP contribution in [0.15, 0.2) is 0 Å². The fourth-order valence-electron chi connectivity index (χ4n) is 0.667. The van der Waals surface area contributed by atoms with Gasteiger partial charge < -0.3 is 11.1 Å². The monoisotopic (exact) mass is 158 g/mol. The lowest BCUT2D eigenvalue weighted by Gasteiger charge is -2.24. The first-order valence-corrected chi connectivity index (χ1v) is 4.45. The van der Waals surface area contributed by atoms with Gasteiger partial charge in [0.2, 0.25) is 0 Å². The predicted molar refractivity (Wildman–Crippen MR) is 50.6 cm³/mol. The third kappa shape index (κ3) is 5.22. The maximum Gasteiger partial charge on any atom is 0.00363 e. The van der Waals surface area contributed by atoms with E-state index in [-0.39, 0.29) is 5.41 Å². The minimum absolute atomic E-state index is 0.240. The molecule has 68 valence electrons. The molecule has 0 aromatic rings. The highest BCUT2D eigenvalue weighted by atomic mass is 14.9. The summed E-state index contributed by atoms with van der Waals surface area (Å²) < 4.78 is 0. The standard InChI is InChI=1S/C9H22N2/c1-5-8(2)11-7-9(3,4)6-10/h8,11H,5-7,10H2,1-4H3. The zero-order valence-electron chi connectivity index (χ0n) is 8.28. The highest BCUT2D eigenvalue weighted by Crippen LogP contribution is 2.10. The summed E-state index contributed by atoms with van der Waals surface area (Å²) in [6, 6.07) is 0.612. The van der Waals surface area contributed by atoms with E-state index in [0.29, 0.717) is 6.04 Å². The molecule has 2 nitrogen and oxygen atoms in total. The molecule has 0 amide bonds. The van der Waals surface area contributed by atoms with E-state index in [0.717, 1.165) is 13.1 Å². The fourth-order valence-corrected chi connectivity index (χ4v) is 0.667. The first-order chi connectivity index (χ1) is 5.02. The second kappa shape index (κ2) is 4.73. The molecule has 0 radical (unpaired) electrons. The third-order valence-electron chi connectivity index (χ3n) is 2.09. The normalized spacial score (nSPS) is 15.0. The van der Waals surface area contributed by atoms with Gasteiger partial charge in [0.1, 0.15) is 0 Å². The number of nitrogens with one attached hydrogen (secondary N) is 1. The molecule has 0 fully saturated rings. The van der Waals surface area contributed by atoms with Gasteiger partial charge in [-0.2, -0.15) is 0 Å². The number of nitrogens with two attached hydrogens (primary N) is 1. The molecule has 0 saturated carbocycles. The number of rotatable bonds is 5. The Bertz CT molecular complexity index is 99.7. The van der Waals surface area contributed by atoms with Gasteiger partial charge in [0, 0.05) is 12.6 Å². The molecule has 0 aromatic heterocycles. The van der Waals surface area contributed by atoms with Crippen molar-refractivity contribution in [1.82, 2.24) is 5.32 Å². The Morgan fingerprint density at radius 2 is 2.00 bits per heavy atom. The Labute approximate surface area is 70.5 Å². The molecule has 0 saturated heterocycles. The largest absolute Gasteiger partial charge is 0.330 e. The van der Waals surface area contributed by atoms with Gasteiger partial charge in [0.05, 0.1) is 0 Å². The Hall–Kier alpha value is -0.0800. The topological polar surface area (TPSA) is 38.0 Å². The first kappa shape index (κ1) is 10.9. The van der Waals surface area contributed by atoms with Crippen molar-refractivity contribution in [3.63, 3.8) is 0 Å². The van der Waals surface area contributed by atoms with Crippen molar-refractivity contribution in [3.05, 3.63) is 0 Å². The molecule has 0 aromatic carbocycles. The minimum Gasteiger partial charge on any atom is -0.330 e. The maximum atomic E-state index is 5.59. The minimum atomic E-state index is 0.240. The van der Waals surface area contributed by atoms with E-state index in [1.807, 2.05) is 0 Å². The van der Waals surface area contributed by atoms with Crippen molar-refractivity contribution in [1.29, 1.82) is 0 Å². The summed E-state index contributed by atoms with van der Waals surface area (Å²) in [5.41, 5.74) is 5.83. The summed E-state index contributed by atoms with van der Waals surface area (Å²) in [6.45, 7) is 10.5. The van der Waals surface area contributed by atoms with E-state index in [1.165, 1.54) is 6.42 Å². The van der Waals surface area contributed by atoms with Crippen molar-refractivity contribution < 1.29 is 0 Å². The smallest absolute Gasteiger partial charge is 0.00363 e. The Morgan fingerprint density at radius 1 is 1.45 bits per heavy atom. The molecule has 0 rings (SSSR count). The van der Waals surface area contributed by atoms with Crippen molar-refractivity contribution in [2.45, 2.75) is 40.2 Å². The van der Waals surface area contributed by atoms with Crippen LogP contribution >= 0.6 is 0 Å². The first-order valence-electron chi connectivity index (χ1n) is 4.45. The van der Waals surface area contributed by atoms with Crippen molar-refractivity contribution in [3.8, 4) is 0 Å². The van der Waals surface area contributed by atoms with Crippen LogP contribution in [0.4, 0.5) is 0 Å². The zero-order chi connectivity index (χ0) is 8.91. The quantitative estimate of drug-likeness (QED) is 0.634. The van der Waals surface area contributed by atoms with E-state index >= 15 is 0 Å². The van der Waals surface area contributed by atoms with Crippen molar-refractivity contribution in [2.75, 3.05) is 13.1 Å². The van der Waals surface area contributed by atoms with Gasteiger partial charge in [-0.3, -0.25) is 0 Å². The molecule has 0 spiro atoms. The van der Waals surface area contributed by atoms with Gasteiger partial charge >= 0.3 is 0 Å². The molecule has 0 aliphatic carbocycles. The Balaban J connectivity index is 3.52. The summed E-state index contributed by atoms with van der Waals surface area (Å²) in [5, 5.41) is 3.44. The fraction of sp³-hybridized carbons (Fsp3) is 1.00. The molecule has 0 aliphatic heterocycles. The highest BCUT2D eigenvalue weighted by Gasteiger charge is 2.15. The van der Waals surface area contributed by atoms with Gasteiger partial charge in [-0.15, -0.1) is 0 Å². The average Bonchev–Trinajstić information content (AvgIpc) is 2.00. The maximum absolute atomic E-state index is 5.59. The SMILES string of the molecule is CCC(C)NCC(C)(C)CN. The summed E-state index contributed by atoms with van der Waals surface area (Å²) >= 11 is 0. The molecule has 0 bridgehead atoms. The predicted octanol–water partition coefficient (Wildman–Crippen LogP) is 1.36. The van der Waals surface area contributed by atoms with Crippen LogP contribution in [0.5, 0.6) is 0 Å². The lowest BCUT2D eigenvalue weighted by Crippen LogP contribution is -2.39. The van der Waals surface area contributed by atoms with Crippen LogP contribution in [0.2, 0.25) is 0 Å². The molecule has 11 heavy (non-hydrogen) atoms. The van der Waals surface area contributed by atoms with Crippen LogP contribution in [0.25, 0.3) is 0 Å². The number of hydrogen-bond acceptors (Lipinski definition) is 2. The highest BCUT2D eigenvalue weighted by molar-refractivity contribution is 4.73. The van der Waals surface area contributed by atoms with E-state index in [9.17, 15) is 0 Å². The summed E-state index contributed by atoms with van der Waals surface area (Å²) in [7, 11) is 0. The van der Waals surface area contributed by atoms with Crippen LogP contribution in [0.1, 0.15) is 34.1 Å². The molecular formula is C9H22N2. The van der Waals surface area contributed by atoms with Crippen molar-refractivity contribution in [2.24, 2.45) is 11.1 Å². The second-order valence-corrected chi connectivity index (χ2v) is 4.06. The van der Waals surface area contributed by atoms with E-state index in [2.05, 4.69) is 33.0 Å². The summed E-state index contributed by atoms with van der Waals surface area (Å²) in [6.07, 6.45) is 1.18. The van der Waals surface area contributed by atoms with Crippen LogP contribution in [0, 0.1) is 5.41 Å². The van der Waals surface area contributed by atoms with Crippen LogP contribution in [0.3, 0.4) is 0 Å². The lowest BCUT2D eigenvalue weighted by atomic mass is 9.93.